The Morgan fingerprint density at radius 2 is 1.84 bits per heavy atom. The van der Waals surface area contributed by atoms with Gasteiger partial charge in [-0.15, -0.1) is 0 Å². The first-order valence-corrected chi connectivity index (χ1v) is 7.77. The number of methoxy groups -OCH3 is 1. The molecule has 0 saturated carbocycles. The van der Waals surface area contributed by atoms with Crippen molar-refractivity contribution in [1.82, 2.24) is 0 Å². The summed E-state index contributed by atoms with van der Waals surface area (Å²) >= 11 is 0. The molecule has 0 amide bonds. The van der Waals surface area contributed by atoms with Gasteiger partial charge in [0.25, 0.3) is 0 Å². The second-order valence-electron chi connectivity index (χ2n) is 3.67. The standard InChI is InChI=1S/C7H14O10S2/c1-14-5-2-3-15-6(4-16-18(8,9)10)7(5)17-19(11,12)13/h5-7H,2-4H2,1H3,(H,8,9,10)(H,11,12,13)/t5-,6-,7+/m1/s1. The summed E-state index contributed by atoms with van der Waals surface area (Å²) in [7, 11) is -8.20. The molecule has 1 heterocycles. The van der Waals surface area contributed by atoms with E-state index in [1.807, 2.05) is 0 Å². The molecule has 2 N–H and O–H groups in total. The van der Waals surface area contributed by atoms with Crippen LogP contribution in [0.15, 0.2) is 0 Å². The van der Waals surface area contributed by atoms with E-state index in [0.29, 0.717) is 0 Å². The van der Waals surface area contributed by atoms with Gasteiger partial charge in [0.1, 0.15) is 12.2 Å². The lowest BCUT2D eigenvalue weighted by Gasteiger charge is -2.35. The lowest BCUT2D eigenvalue weighted by atomic mass is 10.0. The molecule has 10 nitrogen and oxygen atoms in total. The topological polar surface area (TPSA) is 146 Å². The Balaban J connectivity index is 2.79. The summed E-state index contributed by atoms with van der Waals surface area (Å²) in [6, 6.07) is 0. The molecule has 0 aliphatic carbocycles. The van der Waals surface area contributed by atoms with Crippen LogP contribution < -0.4 is 0 Å². The zero-order valence-electron chi connectivity index (χ0n) is 9.83. The molecule has 0 spiro atoms. The van der Waals surface area contributed by atoms with Crippen molar-refractivity contribution in [2.45, 2.75) is 24.7 Å². The minimum Gasteiger partial charge on any atom is -0.379 e. The third-order valence-electron chi connectivity index (χ3n) is 2.38. The first-order valence-electron chi connectivity index (χ1n) is 5.04. The van der Waals surface area contributed by atoms with E-state index in [9.17, 15) is 16.8 Å². The van der Waals surface area contributed by atoms with E-state index >= 15 is 0 Å². The normalized spacial score (nSPS) is 29.3. The van der Waals surface area contributed by atoms with Gasteiger partial charge >= 0.3 is 20.8 Å². The molecular formula is C7H14O10S2. The van der Waals surface area contributed by atoms with Crippen LogP contribution in [0.4, 0.5) is 0 Å². The van der Waals surface area contributed by atoms with Crippen LogP contribution in [0.2, 0.25) is 0 Å². The Labute approximate surface area is 110 Å². The molecule has 1 aliphatic rings. The molecule has 1 saturated heterocycles. The third-order valence-corrected chi connectivity index (χ3v) is 3.28. The maximum atomic E-state index is 10.7. The summed E-state index contributed by atoms with van der Waals surface area (Å²) in [6.45, 7) is -0.539. The second-order valence-corrected chi connectivity index (χ2v) is 5.81. The van der Waals surface area contributed by atoms with Gasteiger partial charge in [0.2, 0.25) is 0 Å². The fraction of sp³-hybridized carbons (Fsp3) is 1.00. The van der Waals surface area contributed by atoms with E-state index in [1.165, 1.54) is 7.11 Å². The zero-order chi connectivity index (χ0) is 14.7. The van der Waals surface area contributed by atoms with E-state index in [0.717, 1.165) is 0 Å². The molecular weight excluding hydrogens is 308 g/mol. The van der Waals surface area contributed by atoms with E-state index in [1.54, 1.807) is 0 Å². The van der Waals surface area contributed by atoms with E-state index in [2.05, 4.69) is 8.37 Å². The van der Waals surface area contributed by atoms with Gasteiger partial charge in [-0.05, 0) is 6.42 Å². The largest absolute Gasteiger partial charge is 0.397 e. The van der Waals surface area contributed by atoms with Crippen LogP contribution in [0.3, 0.4) is 0 Å². The highest BCUT2D eigenvalue weighted by atomic mass is 32.3. The van der Waals surface area contributed by atoms with Crippen molar-refractivity contribution >= 4 is 20.8 Å². The molecule has 12 heteroatoms. The smallest absolute Gasteiger partial charge is 0.379 e. The fourth-order valence-corrected chi connectivity index (χ4v) is 2.48. The molecule has 0 unspecified atom stereocenters. The monoisotopic (exact) mass is 322 g/mol. The average Bonchev–Trinajstić information content (AvgIpc) is 2.24. The van der Waals surface area contributed by atoms with Crippen molar-refractivity contribution in [3.05, 3.63) is 0 Å². The van der Waals surface area contributed by atoms with Crippen LogP contribution in [0, 0.1) is 0 Å². The molecule has 114 valence electrons. The van der Waals surface area contributed by atoms with Crippen molar-refractivity contribution in [3.8, 4) is 0 Å². The van der Waals surface area contributed by atoms with Gasteiger partial charge in [-0.3, -0.25) is 9.11 Å². The number of rotatable bonds is 6. The first kappa shape index (κ1) is 16.7. The van der Waals surface area contributed by atoms with Crippen LogP contribution in [0.1, 0.15) is 6.42 Å². The Morgan fingerprint density at radius 1 is 1.21 bits per heavy atom. The van der Waals surface area contributed by atoms with Crippen LogP contribution in [-0.4, -0.2) is 64.6 Å². The molecule has 0 aromatic rings. The lowest BCUT2D eigenvalue weighted by Crippen LogP contribution is -2.50. The SMILES string of the molecule is CO[C@@H]1CCO[C@H](COS(=O)(=O)O)[C@H]1OS(=O)(=O)O. The van der Waals surface area contributed by atoms with Crippen LogP contribution in [0.25, 0.3) is 0 Å². The predicted molar refractivity (Wildman–Crippen MR) is 59.1 cm³/mol. The molecule has 19 heavy (non-hydrogen) atoms. The molecule has 0 aromatic carbocycles. The Hall–Kier alpha value is -0.340. The maximum absolute atomic E-state index is 10.7. The fourth-order valence-electron chi connectivity index (χ4n) is 1.65. The van der Waals surface area contributed by atoms with E-state index in [-0.39, 0.29) is 13.0 Å². The Bertz CT molecular complexity index is 482. The summed E-state index contributed by atoms with van der Waals surface area (Å²) in [5.74, 6) is 0. The minimum absolute atomic E-state index is 0.142. The van der Waals surface area contributed by atoms with Crippen molar-refractivity contribution in [2.75, 3.05) is 20.3 Å². The predicted octanol–water partition coefficient (Wildman–Crippen LogP) is -1.20. The molecule has 0 radical (unpaired) electrons. The summed E-state index contributed by atoms with van der Waals surface area (Å²) in [5, 5.41) is 0. The molecule has 0 bridgehead atoms. The number of ether oxygens (including phenoxy) is 2. The highest BCUT2D eigenvalue weighted by Crippen LogP contribution is 2.22. The van der Waals surface area contributed by atoms with Crippen molar-refractivity contribution in [2.24, 2.45) is 0 Å². The third kappa shape index (κ3) is 6.09. The Morgan fingerprint density at radius 3 is 2.32 bits per heavy atom. The van der Waals surface area contributed by atoms with Crippen LogP contribution in [0.5, 0.6) is 0 Å². The van der Waals surface area contributed by atoms with Crippen molar-refractivity contribution in [3.63, 3.8) is 0 Å². The molecule has 3 atom stereocenters. The molecule has 1 aliphatic heterocycles. The highest BCUT2D eigenvalue weighted by molar-refractivity contribution is 7.81. The van der Waals surface area contributed by atoms with Gasteiger partial charge < -0.3 is 9.47 Å². The van der Waals surface area contributed by atoms with E-state index < -0.39 is 45.7 Å². The minimum atomic E-state index is -4.78. The second kappa shape index (κ2) is 6.41. The van der Waals surface area contributed by atoms with Gasteiger partial charge in [-0.2, -0.15) is 16.8 Å². The quantitative estimate of drug-likeness (QED) is 0.571. The van der Waals surface area contributed by atoms with Crippen LogP contribution >= 0.6 is 0 Å². The molecule has 1 rings (SSSR count). The number of hydrogen-bond donors (Lipinski definition) is 2. The van der Waals surface area contributed by atoms with E-state index in [4.69, 9.17) is 18.6 Å². The van der Waals surface area contributed by atoms with Gasteiger partial charge in [-0.25, -0.2) is 8.37 Å². The van der Waals surface area contributed by atoms with Crippen LogP contribution in [-0.2, 0) is 38.6 Å². The summed E-state index contributed by atoms with van der Waals surface area (Å²) in [5.41, 5.74) is 0. The van der Waals surface area contributed by atoms with Gasteiger partial charge in [0.15, 0.2) is 0 Å². The highest BCUT2D eigenvalue weighted by Gasteiger charge is 2.39. The van der Waals surface area contributed by atoms with Crippen molar-refractivity contribution < 1.29 is 43.8 Å². The zero-order valence-corrected chi connectivity index (χ0v) is 11.5. The molecule has 1 fully saturated rings. The van der Waals surface area contributed by atoms with Crippen molar-refractivity contribution in [1.29, 1.82) is 0 Å². The summed E-state index contributed by atoms with van der Waals surface area (Å²) in [6.07, 6.45) is -2.91. The van der Waals surface area contributed by atoms with Gasteiger partial charge in [0.05, 0.1) is 12.7 Å². The Kier molecular flexibility index (Phi) is 5.64. The van der Waals surface area contributed by atoms with Gasteiger partial charge in [0, 0.05) is 13.7 Å². The lowest BCUT2D eigenvalue weighted by molar-refractivity contribution is -0.144. The number of hydrogen-bond acceptors (Lipinski definition) is 8. The average molecular weight is 322 g/mol. The maximum Gasteiger partial charge on any atom is 0.397 e. The first-order chi connectivity index (χ1) is 8.62. The van der Waals surface area contributed by atoms with Gasteiger partial charge in [-0.1, -0.05) is 0 Å². The summed E-state index contributed by atoms with van der Waals surface area (Å²) < 4.78 is 78.0. The molecule has 0 aromatic heterocycles. The summed E-state index contributed by atoms with van der Waals surface area (Å²) in [4.78, 5) is 0.